The average molecular weight is 522 g/mol. The molecule has 190 valence electrons. The van der Waals surface area contributed by atoms with Gasteiger partial charge in [-0.3, -0.25) is 0 Å². The Balaban J connectivity index is 2.05. The Bertz CT molecular complexity index is 1090. The molecule has 0 saturated heterocycles. The summed E-state index contributed by atoms with van der Waals surface area (Å²) in [6, 6.07) is 5.59. The van der Waals surface area contributed by atoms with Gasteiger partial charge in [0.05, 0.1) is 29.8 Å². The molecule has 1 N–H and O–H groups in total. The molecule has 0 spiro atoms. The predicted molar refractivity (Wildman–Crippen MR) is 114 cm³/mol. The molecule has 0 fully saturated rings. The second kappa shape index (κ2) is 11.7. The molecule has 1 amide bonds. The van der Waals surface area contributed by atoms with E-state index in [-0.39, 0.29) is 18.0 Å². The Kier molecular flexibility index (Phi) is 9.29. The molecular formula is C22H20ClF4NO7. The van der Waals surface area contributed by atoms with Gasteiger partial charge in [0.1, 0.15) is 23.4 Å². The van der Waals surface area contributed by atoms with Crippen molar-refractivity contribution in [3.05, 3.63) is 58.4 Å². The van der Waals surface area contributed by atoms with E-state index in [1.807, 2.05) is 0 Å². The standard InChI is InChI=1S/C22H20ClF4NO7/c1-11(10-28-21(31)32-3)33-19(29)12(2)34-20(30)15-8-13(5-7-18(15)24)35-14-4-6-16(17(23)9-14)22(25,26)27/h4-9,11-12H,10H2,1-3H3,(H,28,31). The fourth-order valence-corrected chi connectivity index (χ4v) is 2.83. The molecule has 35 heavy (non-hydrogen) atoms. The predicted octanol–water partition coefficient (Wildman–Crippen LogP) is 5.12. The van der Waals surface area contributed by atoms with Crippen LogP contribution in [0.1, 0.15) is 29.8 Å². The summed E-state index contributed by atoms with van der Waals surface area (Å²) in [5.74, 6) is -3.37. The molecule has 0 radical (unpaired) electrons. The SMILES string of the molecule is COC(=O)NCC(C)OC(=O)C(C)OC(=O)c1cc(Oc2ccc(C(F)(F)F)c(Cl)c2)ccc1F. The van der Waals surface area contributed by atoms with E-state index in [9.17, 15) is 31.9 Å². The number of ether oxygens (including phenoxy) is 4. The van der Waals surface area contributed by atoms with Crippen molar-refractivity contribution in [3.63, 3.8) is 0 Å². The molecule has 8 nitrogen and oxygen atoms in total. The van der Waals surface area contributed by atoms with Crippen molar-refractivity contribution in [1.29, 1.82) is 0 Å². The Morgan fingerprint density at radius 2 is 1.66 bits per heavy atom. The van der Waals surface area contributed by atoms with E-state index in [0.717, 1.165) is 37.4 Å². The zero-order chi connectivity index (χ0) is 26.3. The van der Waals surface area contributed by atoms with Crippen LogP contribution in [-0.4, -0.2) is 43.9 Å². The lowest BCUT2D eigenvalue weighted by atomic mass is 10.2. The molecule has 2 aromatic carbocycles. The van der Waals surface area contributed by atoms with E-state index in [1.54, 1.807) is 0 Å². The van der Waals surface area contributed by atoms with Gasteiger partial charge >= 0.3 is 24.2 Å². The minimum absolute atomic E-state index is 0.0684. The van der Waals surface area contributed by atoms with Gasteiger partial charge in [0, 0.05) is 6.07 Å². The van der Waals surface area contributed by atoms with Crippen LogP contribution in [0.15, 0.2) is 36.4 Å². The van der Waals surface area contributed by atoms with Crippen LogP contribution in [0.2, 0.25) is 5.02 Å². The number of alkyl halides is 3. The first-order valence-corrected chi connectivity index (χ1v) is 10.3. The van der Waals surface area contributed by atoms with Crippen LogP contribution in [0.4, 0.5) is 22.4 Å². The number of methoxy groups -OCH3 is 1. The summed E-state index contributed by atoms with van der Waals surface area (Å²) in [5, 5.41) is 1.71. The lowest BCUT2D eigenvalue weighted by molar-refractivity contribution is -0.157. The minimum atomic E-state index is -4.66. The van der Waals surface area contributed by atoms with E-state index < -0.39 is 58.4 Å². The maximum Gasteiger partial charge on any atom is 0.417 e. The highest BCUT2D eigenvalue weighted by atomic mass is 35.5. The molecular weight excluding hydrogens is 502 g/mol. The molecule has 2 atom stereocenters. The van der Waals surface area contributed by atoms with Crippen molar-refractivity contribution in [2.45, 2.75) is 32.2 Å². The van der Waals surface area contributed by atoms with Crippen LogP contribution in [0, 0.1) is 5.82 Å². The van der Waals surface area contributed by atoms with E-state index in [1.165, 1.54) is 13.8 Å². The number of benzene rings is 2. The summed E-state index contributed by atoms with van der Waals surface area (Å²) in [5.41, 5.74) is -1.66. The van der Waals surface area contributed by atoms with Crippen LogP contribution in [-0.2, 0) is 25.2 Å². The summed E-state index contributed by atoms with van der Waals surface area (Å²) in [6.07, 6.45) is -7.60. The lowest BCUT2D eigenvalue weighted by Gasteiger charge is -2.17. The number of halogens is 5. The van der Waals surface area contributed by atoms with Gasteiger partial charge in [-0.25, -0.2) is 18.8 Å². The van der Waals surface area contributed by atoms with Crippen molar-refractivity contribution in [2.24, 2.45) is 0 Å². The van der Waals surface area contributed by atoms with Gasteiger partial charge in [-0.1, -0.05) is 11.6 Å². The maximum atomic E-state index is 14.2. The van der Waals surface area contributed by atoms with Crippen LogP contribution in [0.25, 0.3) is 0 Å². The second-order valence-corrected chi connectivity index (χ2v) is 7.46. The number of carbonyl (C=O) groups is 3. The molecule has 0 aliphatic carbocycles. The van der Waals surface area contributed by atoms with Crippen molar-refractivity contribution >= 4 is 29.6 Å². The Morgan fingerprint density at radius 3 is 2.26 bits per heavy atom. The number of carbonyl (C=O) groups excluding carboxylic acids is 3. The highest BCUT2D eigenvalue weighted by molar-refractivity contribution is 6.31. The molecule has 0 heterocycles. The van der Waals surface area contributed by atoms with Crippen molar-refractivity contribution in [3.8, 4) is 11.5 Å². The molecule has 0 aliphatic rings. The average Bonchev–Trinajstić information content (AvgIpc) is 2.77. The Hall–Kier alpha value is -3.54. The number of rotatable bonds is 8. The van der Waals surface area contributed by atoms with Gasteiger partial charge < -0.3 is 24.3 Å². The van der Waals surface area contributed by atoms with Crippen LogP contribution in [0.5, 0.6) is 11.5 Å². The molecule has 2 rings (SSSR count). The first kappa shape index (κ1) is 27.7. The minimum Gasteiger partial charge on any atom is -0.458 e. The third-order valence-corrected chi connectivity index (χ3v) is 4.60. The molecule has 2 unspecified atom stereocenters. The molecule has 0 aliphatic heterocycles. The van der Waals surface area contributed by atoms with Crippen LogP contribution < -0.4 is 10.1 Å². The molecule has 0 aromatic heterocycles. The number of hydrogen-bond donors (Lipinski definition) is 1. The smallest absolute Gasteiger partial charge is 0.417 e. The molecule has 13 heteroatoms. The fourth-order valence-electron chi connectivity index (χ4n) is 2.56. The summed E-state index contributed by atoms with van der Waals surface area (Å²) in [7, 11) is 1.16. The van der Waals surface area contributed by atoms with Crippen molar-refractivity contribution in [2.75, 3.05) is 13.7 Å². The van der Waals surface area contributed by atoms with Crippen LogP contribution in [0.3, 0.4) is 0 Å². The number of esters is 2. The lowest BCUT2D eigenvalue weighted by Crippen LogP contribution is -2.36. The normalized spacial score (nSPS) is 12.8. The number of hydrogen-bond acceptors (Lipinski definition) is 7. The fraction of sp³-hybridized carbons (Fsp3) is 0.318. The number of nitrogens with one attached hydrogen (secondary N) is 1. The zero-order valence-electron chi connectivity index (χ0n) is 18.6. The van der Waals surface area contributed by atoms with Gasteiger partial charge in [0.25, 0.3) is 0 Å². The monoisotopic (exact) mass is 521 g/mol. The Labute approximate surface area is 202 Å². The summed E-state index contributed by atoms with van der Waals surface area (Å²) in [6.45, 7) is 2.60. The maximum absolute atomic E-state index is 14.2. The van der Waals surface area contributed by atoms with E-state index >= 15 is 0 Å². The van der Waals surface area contributed by atoms with Gasteiger partial charge in [0.2, 0.25) is 0 Å². The van der Waals surface area contributed by atoms with Crippen molar-refractivity contribution < 1.29 is 50.9 Å². The first-order chi connectivity index (χ1) is 16.3. The molecule has 2 aromatic rings. The molecule has 0 saturated carbocycles. The number of amides is 1. The first-order valence-electron chi connectivity index (χ1n) is 9.89. The van der Waals surface area contributed by atoms with Gasteiger partial charge in [-0.05, 0) is 44.2 Å². The van der Waals surface area contributed by atoms with Crippen LogP contribution >= 0.6 is 11.6 Å². The van der Waals surface area contributed by atoms with Gasteiger partial charge in [-0.2, -0.15) is 13.2 Å². The highest BCUT2D eigenvalue weighted by Gasteiger charge is 2.33. The van der Waals surface area contributed by atoms with E-state index in [2.05, 4.69) is 10.1 Å². The summed E-state index contributed by atoms with van der Waals surface area (Å²) < 4.78 is 72.4. The van der Waals surface area contributed by atoms with E-state index in [4.69, 9.17) is 25.8 Å². The van der Waals surface area contributed by atoms with E-state index in [0.29, 0.717) is 6.07 Å². The Morgan fingerprint density at radius 1 is 1.03 bits per heavy atom. The van der Waals surface area contributed by atoms with Gasteiger partial charge in [-0.15, -0.1) is 0 Å². The third kappa shape index (κ3) is 8.02. The topological polar surface area (TPSA) is 100 Å². The highest BCUT2D eigenvalue weighted by Crippen LogP contribution is 2.37. The second-order valence-electron chi connectivity index (χ2n) is 7.05. The van der Waals surface area contributed by atoms with Crippen molar-refractivity contribution in [1.82, 2.24) is 5.32 Å². The number of alkyl carbamates (subject to hydrolysis) is 1. The zero-order valence-corrected chi connectivity index (χ0v) is 19.3. The largest absolute Gasteiger partial charge is 0.458 e. The third-order valence-electron chi connectivity index (χ3n) is 4.29. The van der Waals surface area contributed by atoms with Gasteiger partial charge in [0.15, 0.2) is 6.10 Å². The quantitative estimate of drug-likeness (QED) is 0.292. The molecule has 0 bridgehead atoms. The summed E-state index contributed by atoms with van der Waals surface area (Å²) in [4.78, 5) is 35.5. The summed E-state index contributed by atoms with van der Waals surface area (Å²) >= 11 is 5.65.